The van der Waals surface area contributed by atoms with Crippen LogP contribution in [0.3, 0.4) is 0 Å². The average molecular weight is 156 g/mol. The van der Waals surface area contributed by atoms with E-state index >= 15 is 0 Å². The molecule has 62 valence electrons. The van der Waals surface area contributed by atoms with Crippen LogP contribution in [0.1, 0.15) is 19.3 Å². The van der Waals surface area contributed by atoms with Crippen molar-refractivity contribution in [1.29, 1.82) is 0 Å². The van der Waals surface area contributed by atoms with Crippen LogP contribution in [0.25, 0.3) is 0 Å². The number of hydrogen-bond donors (Lipinski definition) is 0. The van der Waals surface area contributed by atoms with Gasteiger partial charge in [0.05, 0.1) is 13.7 Å². The average Bonchev–Trinajstić information content (AvgIpc) is 2.30. The fraction of sp³-hybridized carbons (Fsp3) is 0.625. The van der Waals surface area contributed by atoms with Gasteiger partial charge in [-0.05, 0) is 25.3 Å². The number of allylic oxidation sites excluding steroid dienone is 1. The van der Waals surface area contributed by atoms with Gasteiger partial charge in [-0.2, -0.15) is 0 Å². The molecule has 0 radical (unpaired) electrons. The molecular formula is C8H12O3. The maximum atomic E-state index is 10.9. The topological polar surface area (TPSA) is 35.5 Å². The minimum Gasteiger partial charge on any atom is -0.487 e. The molecule has 1 rings (SSSR count). The summed E-state index contributed by atoms with van der Waals surface area (Å²) in [6.07, 6.45) is 4.79. The highest BCUT2D eigenvalue weighted by atomic mass is 16.6. The molecule has 0 saturated carbocycles. The van der Waals surface area contributed by atoms with Crippen LogP contribution in [0.5, 0.6) is 0 Å². The third-order valence-corrected chi connectivity index (χ3v) is 1.57. The summed E-state index contributed by atoms with van der Waals surface area (Å²) in [5.74, 6) is -0.00287. The van der Waals surface area contributed by atoms with Crippen molar-refractivity contribution < 1.29 is 14.3 Å². The van der Waals surface area contributed by atoms with Crippen molar-refractivity contribution in [2.24, 2.45) is 0 Å². The molecule has 0 N–H and O–H groups in total. The molecule has 3 heteroatoms. The number of esters is 1. The van der Waals surface area contributed by atoms with Crippen molar-refractivity contribution >= 4 is 5.97 Å². The fourth-order valence-electron chi connectivity index (χ4n) is 0.963. The first-order valence-corrected chi connectivity index (χ1v) is 3.76. The van der Waals surface area contributed by atoms with Crippen LogP contribution in [0, 0.1) is 0 Å². The lowest BCUT2D eigenvalue weighted by Crippen LogP contribution is -2.07. The van der Waals surface area contributed by atoms with Gasteiger partial charge in [0.2, 0.25) is 5.76 Å². The Kier molecular flexibility index (Phi) is 2.95. The van der Waals surface area contributed by atoms with Gasteiger partial charge in [0.15, 0.2) is 0 Å². The summed E-state index contributed by atoms with van der Waals surface area (Å²) in [6.45, 7) is 0.626. The summed E-state index contributed by atoms with van der Waals surface area (Å²) in [4.78, 5) is 10.9. The largest absolute Gasteiger partial charge is 0.487 e. The predicted molar refractivity (Wildman–Crippen MR) is 39.9 cm³/mol. The standard InChI is InChI=1S/C8H12O3/c1-10-8(9)7-5-3-2-4-6-11-7/h5H,2-4,6H2,1H3. The second kappa shape index (κ2) is 4.01. The molecule has 0 spiro atoms. The second-order valence-electron chi connectivity index (χ2n) is 2.40. The van der Waals surface area contributed by atoms with Gasteiger partial charge in [-0.25, -0.2) is 4.79 Å². The van der Waals surface area contributed by atoms with Gasteiger partial charge in [0, 0.05) is 0 Å². The summed E-state index contributed by atoms with van der Waals surface area (Å²) >= 11 is 0. The van der Waals surface area contributed by atoms with E-state index in [1.807, 2.05) is 0 Å². The van der Waals surface area contributed by atoms with Gasteiger partial charge >= 0.3 is 5.97 Å². The van der Waals surface area contributed by atoms with Crippen LogP contribution in [-0.2, 0) is 14.3 Å². The minimum atomic E-state index is -0.369. The van der Waals surface area contributed by atoms with Gasteiger partial charge in [0.1, 0.15) is 0 Å². The molecule has 1 heterocycles. The fourth-order valence-corrected chi connectivity index (χ4v) is 0.963. The zero-order chi connectivity index (χ0) is 8.10. The molecule has 0 aromatic heterocycles. The van der Waals surface area contributed by atoms with Crippen LogP contribution in [0.4, 0.5) is 0 Å². The molecule has 11 heavy (non-hydrogen) atoms. The first-order valence-electron chi connectivity index (χ1n) is 3.76. The van der Waals surface area contributed by atoms with Crippen molar-refractivity contribution in [2.75, 3.05) is 13.7 Å². The smallest absolute Gasteiger partial charge is 0.372 e. The van der Waals surface area contributed by atoms with E-state index < -0.39 is 0 Å². The van der Waals surface area contributed by atoms with Crippen LogP contribution < -0.4 is 0 Å². The summed E-state index contributed by atoms with van der Waals surface area (Å²) in [5.41, 5.74) is 0. The second-order valence-corrected chi connectivity index (χ2v) is 2.40. The molecule has 0 saturated heterocycles. The zero-order valence-electron chi connectivity index (χ0n) is 6.63. The number of hydrogen-bond acceptors (Lipinski definition) is 3. The molecule has 0 aromatic carbocycles. The van der Waals surface area contributed by atoms with E-state index in [0.717, 1.165) is 19.3 Å². The summed E-state index contributed by atoms with van der Waals surface area (Å²) < 4.78 is 9.66. The van der Waals surface area contributed by atoms with Crippen molar-refractivity contribution in [2.45, 2.75) is 19.3 Å². The Morgan fingerprint density at radius 2 is 2.45 bits per heavy atom. The molecule has 0 aromatic rings. The highest BCUT2D eigenvalue weighted by Crippen LogP contribution is 2.10. The van der Waals surface area contributed by atoms with Crippen LogP contribution >= 0.6 is 0 Å². The highest BCUT2D eigenvalue weighted by Gasteiger charge is 2.11. The minimum absolute atomic E-state index is 0.366. The zero-order valence-corrected chi connectivity index (χ0v) is 6.63. The number of carbonyl (C=O) groups excluding carboxylic acids is 1. The Labute approximate surface area is 66.0 Å². The van der Waals surface area contributed by atoms with Crippen LogP contribution in [0.2, 0.25) is 0 Å². The van der Waals surface area contributed by atoms with Gasteiger partial charge in [-0.15, -0.1) is 0 Å². The Bertz CT molecular complexity index is 172. The van der Waals surface area contributed by atoms with E-state index in [1.54, 1.807) is 6.08 Å². The van der Waals surface area contributed by atoms with Crippen molar-refractivity contribution in [3.05, 3.63) is 11.8 Å². The lowest BCUT2D eigenvalue weighted by atomic mass is 10.2. The van der Waals surface area contributed by atoms with Gasteiger partial charge < -0.3 is 9.47 Å². The Balaban J connectivity index is 2.53. The summed E-state index contributed by atoms with van der Waals surface area (Å²) in [7, 11) is 1.36. The maximum Gasteiger partial charge on any atom is 0.372 e. The SMILES string of the molecule is COC(=O)C1=CCCCCO1. The molecular weight excluding hydrogens is 144 g/mol. The number of carbonyl (C=O) groups is 1. The van der Waals surface area contributed by atoms with Crippen molar-refractivity contribution in [1.82, 2.24) is 0 Å². The van der Waals surface area contributed by atoms with E-state index in [1.165, 1.54) is 7.11 Å². The Morgan fingerprint density at radius 3 is 3.18 bits per heavy atom. The molecule has 3 nitrogen and oxygen atoms in total. The molecule has 1 aliphatic rings. The normalized spacial score (nSPS) is 17.7. The molecule has 0 amide bonds. The van der Waals surface area contributed by atoms with E-state index in [9.17, 15) is 4.79 Å². The van der Waals surface area contributed by atoms with Crippen molar-refractivity contribution in [3.63, 3.8) is 0 Å². The number of methoxy groups -OCH3 is 1. The van der Waals surface area contributed by atoms with Gasteiger partial charge in [-0.3, -0.25) is 0 Å². The van der Waals surface area contributed by atoms with Crippen LogP contribution in [-0.4, -0.2) is 19.7 Å². The van der Waals surface area contributed by atoms with E-state index in [4.69, 9.17) is 4.74 Å². The van der Waals surface area contributed by atoms with Crippen molar-refractivity contribution in [3.8, 4) is 0 Å². The molecule has 0 atom stereocenters. The summed E-state index contributed by atoms with van der Waals surface area (Å²) in [6, 6.07) is 0. The highest BCUT2D eigenvalue weighted by molar-refractivity contribution is 5.86. The molecule has 1 aliphatic heterocycles. The first kappa shape index (κ1) is 8.11. The first-order chi connectivity index (χ1) is 5.34. The van der Waals surface area contributed by atoms with Gasteiger partial charge in [-0.1, -0.05) is 0 Å². The van der Waals surface area contributed by atoms with E-state index in [-0.39, 0.29) is 5.97 Å². The predicted octanol–water partition coefficient (Wildman–Crippen LogP) is 1.24. The van der Waals surface area contributed by atoms with E-state index in [0.29, 0.717) is 12.4 Å². The summed E-state index contributed by atoms with van der Waals surface area (Å²) in [5, 5.41) is 0. The lowest BCUT2D eigenvalue weighted by Gasteiger charge is -2.03. The Hall–Kier alpha value is -0.990. The molecule has 0 aliphatic carbocycles. The molecule has 0 unspecified atom stereocenters. The number of rotatable bonds is 1. The quantitative estimate of drug-likeness (QED) is 0.536. The van der Waals surface area contributed by atoms with Gasteiger partial charge in [0.25, 0.3) is 0 Å². The molecule has 0 bridgehead atoms. The van der Waals surface area contributed by atoms with E-state index in [2.05, 4.69) is 4.74 Å². The molecule has 0 fully saturated rings. The van der Waals surface area contributed by atoms with Crippen LogP contribution in [0.15, 0.2) is 11.8 Å². The monoisotopic (exact) mass is 156 g/mol. The third kappa shape index (κ3) is 2.26. The lowest BCUT2D eigenvalue weighted by molar-refractivity contribution is -0.140. The number of ether oxygens (including phenoxy) is 2. The third-order valence-electron chi connectivity index (χ3n) is 1.57. The maximum absolute atomic E-state index is 10.9. The Morgan fingerprint density at radius 1 is 1.64 bits per heavy atom.